The number of rotatable bonds is 5. The predicted molar refractivity (Wildman–Crippen MR) is 60.9 cm³/mol. The average Bonchev–Trinajstić information content (AvgIpc) is 2.52. The maximum absolute atomic E-state index is 5.96. The van der Waals surface area contributed by atoms with Gasteiger partial charge in [0.15, 0.2) is 0 Å². The van der Waals surface area contributed by atoms with Gasteiger partial charge in [-0.25, -0.2) is 0 Å². The van der Waals surface area contributed by atoms with Crippen molar-refractivity contribution in [2.24, 2.45) is 0 Å². The van der Waals surface area contributed by atoms with Crippen molar-refractivity contribution in [2.75, 3.05) is 0 Å². The lowest BCUT2D eigenvalue weighted by atomic mass is 10.00. The number of aryl methyl sites for hydroxylation is 1. The van der Waals surface area contributed by atoms with E-state index in [2.05, 4.69) is 25.1 Å². The summed E-state index contributed by atoms with van der Waals surface area (Å²) in [7, 11) is 0. The zero-order valence-electron chi connectivity index (χ0n) is 9.20. The van der Waals surface area contributed by atoms with Crippen LogP contribution in [0, 0.1) is 0 Å². The predicted octanol–water partition coefficient (Wildman–Crippen LogP) is 3.41. The van der Waals surface area contributed by atoms with E-state index in [1.165, 1.54) is 5.56 Å². The standard InChI is InChI=1S/C11H19ClN2/c1-4-5-14-8-11(7-13-14)9(2)6-10(3)12/h7-10H,4-6H2,1-3H3. The zero-order valence-corrected chi connectivity index (χ0v) is 9.96. The van der Waals surface area contributed by atoms with Crippen LogP contribution in [-0.2, 0) is 6.54 Å². The summed E-state index contributed by atoms with van der Waals surface area (Å²) >= 11 is 5.96. The maximum atomic E-state index is 5.96. The molecule has 0 aliphatic heterocycles. The van der Waals surface area contributed by atoms with Crippen molar-refractivity contribution in [3.05, 3.63) is 18.0 Å². The molecule has 0 saturated heterocycles. The molecule has 1 aromatic rings. The highest BCUT2D eigenvalue weighted by Crippen LogP contribution is 2.21. The van der Waals surface area contributed by atoms with Crippen LogP contribution in [0.2, 0.25) is 0 Å². The summed E-state index contributed by atoms with van der Waals surface area (Å²) in [6, 6.07) is 0. The largest absolute Gasteiger partial charge is 0.272 e. The second-order valence-electron chi connectivity index (χ2n) is 3.95. The van der Waals surface area contributed by atoms with Gasteiger partial charge in [0.1, 0.15) is 0 Å². The molecule has 2 nitrogen and oxygen atoms in total. The van der Waals surface area contributed by atoms with E-state index >= 15 is 0 Å². The highest BCUT2D eigenvalue weighted by atomic mass is 35.5. The molecular formula is C11H19ClN2. The third kappa shape index (κ3) is 3.33. The van der Waals surface area contributed by atoms with Gasteiger partial charge >= 0.3 is 0 Å². The van der Waals surface area contributed by atoms with Crippen molar-refractivity contribution in [3.63, 3.8) is 0 Å². The summed E-state index contributed by atoms with van der Waals surface area (Å²) < 4.78 is 2.00. The Hall–Kier alpha value is -0.500. The average molecular weight is 215 g/mol. The van der Waals surface area contributed by atoms with E-state index in [-0.39, 0.29) is 5.38 Å². The first-order chi connectivity index (χ1) is 6.63. The van der Waals surface area contributed by atoms with Crippen molar-refractivity contribution in [3.8, 4) is 0 Å². The van der Waals surface area contributed by atoms with E-state index in [1.54, 1.807) is 0 Å². The van der Waals surface area contributed by atoms with Crippen LogP contribution in [0.15, 0.2) is 12.4 Å². The van der Waals surface area contributed by atoms with Gasteiger partial charge in [-0.05, 0) is 31.2 Å². The van der Waals surface area contributed by atoms with Crippen molar-refractivity contribution < 1.29 is 0 Å². The van der Waals surface area contributed by atoms with Gasteiger partial charge in [0.05, 0.1) is 6.20 Å². The van der Waals surface area contributed by atoms with Crippen molar-refractivity contribution >= 4 is 11.6 Å². The molecule has 0 saturated carbocycles. The van der Waals surface area contributed by atoms with E-state index in [1.807, 2.05) is 17.8 Å². The molecule has 0 aliphatic carbocycles. The summed E-state index contributed by atoms with van der Waals surface area (Å²) in [5, 5.41) is 4.54. The first-order valence-electron chi connectivity index (χ1n) is 5.30. The number of halogens is 1. The minimum absolute atomic E-state index is 0.236. The molecule has 0 aromatic carbocycles. The topological polar surface area (TPSA) is 17.8 Å². The second-order valence-corrected chi connectivity index (χ2v) is 4.70. The molecule has 3 heteroatoms. The van der Waals surface area contributed by atoms with Crippen molar-refractivity contribution in [1.29, 1.82) is 0 Å². The number of hydrogen-bond acceptors (Lipinski definition) is 1. The number of aromatic nitrogens is 2. The van der Waals surface area contributed by atoms with E-state index < -0.39 is 0 Å². The van der Waals surface area contributed by atoms with E-state index in [4.69, 9.17) is 11.6 Å². The van der Waals surface area contributed by atoms with Gasteiger partial charge in [-0.2, -0.15) is 5.10 Å². The lowest BCUT2D eigenvalue weighted by molar-refractivity contribution is 0.600. The fourth-order valence-corrected chi connectivity index (χ4v) is 1.88. The highest BCUT2D eigenvalue weighted by Gasteiger charge is 2.10. The summed E-state index contributed by atoms with van der Waals surface area (Å²) in [5.41, 5.74) is 1.30. The van der Waals surface area contributed by atoms with Gasteiger partial charge in [-0.3, -0.25) is 4.68 Å². The molecule has 0 fully saturated rings. The fraction of sp³-hybridized carbons (Fsp3) is 0.727. The molecule has 1 aromatic heterocycles. The van der Waals surface area contributed by atoms with E-state index in [0.29, 0.717) is 5.92 Å². The van der Waals surface area contributed by atoms with Gasteiger partial charge in [0, 0.05) is 18.1 Å². The molecule has 0 N–H and O–H groups in total. The molecule has 0 amide bonds. The normalized spacial score (nSPS) is 15.4. The molecule has 0 radical (unpaired) electrons. The Morgan fingerprint density at radius 1 is 1.50 bits per heavy atom. The smallest absolute Gasteiger partial charge is 0.0524 e. The van der Waals surface area contributed by atoms with Gasteiger partial charge < -0.3 is 0 Å². The SMILES string of the molecule is CCCn1cc(C(C)CC(C)Cl)cn1. The Balaban J connectivity index is 2.57. The van der Waals surface area contributed by atoms with Gasteiger partial charge in [-0.1, -0.05) is 13.8 Å². The zero-order chi connectivity index (χ0) is 10.6. The van der Waals surface area contributed by atoms with E-state index in [9.17, 15) is 0 Å². The molecule has 14 heavy (non-hydrogen) atoms. The molecule has 1 heterocycles. The van der Waals surface area contributed by atoms with Gasteiger partial charge in [0.25, 0.3) is 0 Å². The molecule has 0 bridgehead atoms. The molecule has 0 spiro atoms. The number of hydrogen-bond donors (Lipinski definition) is 0. The minimum Gasteiger partial charge on any atom is -0.272 e. The molecule has 1 rings (SSSR count). The van der Waals surface area contributed by atoms with Crippen molar-refractivity contribution in [1.82, 2.24) is 9.78 Å². The Kier molecular flexibility index (Phi) is 4.46. The Morgan fingerprint density at radius 3 is 2.79 bits per heavy atom. The maximum Gasteiger partial charge on any atom is 0.0524 e. The van der Waals surface area contributed by atoms with Crippen molar-refractivity contribution in [2.45, 2.75) is 51.5 Å². The monoisotopic (exact) mass is 214 g/mol. The first kappa shape index (κ1) is 11.6. The number of alkyl halides is 1. The minimum atomic E-state index is 0.236. The Labute approximate surface area is 91.3 Å². The summed E-state index contributed by atoms with van der Waals surface area (Å²) in [5.74, 6) is 0.508. The highest BCUT2D eigenvalue weighted by molar-refractivity contribution is 6.20. The van der Waals surface area contributed by atoms with Crippen LogP contribution in [-0.4, -0.2) is 15.2 Å². The lowest BCUT2D eigenvalue weighted by Gasteiger charge is -2.09. The molecule has 80 valence electrons. The third-order valence-corrected chi connectivity index (χ3v) is 2.53. The summed E-state index contributed by atoms with van der Waals surface area (Å²) in [6.07, 6.45) is 6.23. The molecule has 0 aliphatic rings. The van der Waals surface area contributed by atoms with Crippen LogP contribution in [0.5, 0.6) is 0 Å². The fourth-order valence-electron chi connectivity index (χ4n) is 1.61. The van der Waals surface area contributed by atoms with Crippen LogP contribution in [0.4, 0.5) is 0 Å². The molecular weight excluding hydrogens is 196 g/mol. The van der Waals surface area contributed by atoms with E-state index in [0.717, 1.165) is 19.4 Å². The Bertz CT molecular complexity index is 268. The van der Waals surface area contributed by atoms with Crippen LogP contribution in [0.25, 0.3) is 0 Å². The molecule has 2 unspecified atom stereocenters. The van der Waals surface area contributed by atoms with Crippen LogP contribution >= 0.6 is 11.6 Å². The van der Waals surface area contributed by atoms with Crippen LogP contribution in [0.1, 0.15) is 45.1 Å². The van der Waals surface area contributed by atoms with Crippen LogP contribution < -0.4 is 0 Å². The first-order valence-corrected chi connectivity index (χ1v) is 5.73. The quantitative estimate of drug-likeness (QED) is 0.687. The second kappa shape index (κ2) is 5.40. The third-order valence-electron chi connectivity index (χ3n) is 2.35. The summed E-state index contributed by atoms with van der Waals surface area (Å²) in [6.45, 7) is 7.40. The molecule has 2 atom stereocenters. The van der Waals surface area contributed by atoms with Gasteiger partial charge in [-0.15, -0.1) is 11.6 Å². The van der Waals surface area contributed by atoms with Gasteiger partial charge in [0.2, 0.25) is 0 Å². The lowest BCUT2D eigenvalue weighted by Crippen LogP contribution is -2.00. The van der Waals surface area contributed by atoms with Crippen LogP contribution in [0.3, 0.4) is 0 Å². The Morgan fingerprint density at radius 2 is 2.21 bits per heavy atom. The summed E-state index contributed by atoms with van der Waals surface area (Å²) in [4.78, 5) is 0. The number of nitrogens with zero attached hydrogens (tertiary/aromatic N) is 2.